The zero-order valence-electron chi connectivity index (χ0n) is 7.12. The van der Waals surface area contributed by atoms with Crippen molar-refractivity contribution in [2.45, 2.75) is 18.8 Å². The second-order valence-corrected chi connectivity index (χ2v) is 2.77. The van der Waals surface area contributed by atoms with Gasteiger partial charge in [-0.15, -0.1) is 0 Å². The Balaban J connectivity index is 2.95. The summed E-state index contributed by atoms with van der Waals surface area (Å²) >= 11 is 0. The number of nitrogens with two attached hydrogens (primary N) is 1. The Morgan fingerprint density at radius 3 is 2.64 bits per heavy atom. The minimum Gasteiger partial charge on any atom is -0.392 e. The summed E-state index contributed by atoms with van der Waals surface area (Å²) in [6, 6.07) is 0.457. The van der Waals surface area contributed by atoms with Gasteiger partial charge in [-0.05, 0) is 17.7 Å². The molecular weight excluding hydrogens is 197 g/mol. The normalized spacial score (nSPS) is 14.1. The van der Waals surface area contributed by atoms with Crippen molar-refractivity contribution >= 4 is 0 Å². The summed E-state index contributed by atoms with van der Waals surface area (Å²) in [6.07, 6.45) is -3.33. The van der Waals surface area contributed by atoms with Crippen LogP contribution in [0.25, 0.3) is 0 Å². The number of hydrogen-bond acceptors (Lipinski definition) is 3. The third-order valence-corrected chi connectivity index (χ3v) is 1.70. The van der Waals surface area contributed by atoms with Crippen molar-refractivity contribution in [3.8, 4) is 0 Å². The molecule has 6 heteroatoms. The Morgan fingerprint density at radius 1 is 1.50 bits per heavy atom. The molecule has 0 unspecified atom stereocenters. The van der Waals surface area contributed by atoms with E-state index in [1.807, 2.05) is 0 Å². The van der Waals surface area contributed by atoms with Gasteiger partial charge in [0.1, 0.15) is 6.04 Å². The van der Waals surface area contributed by atoms with Crippen LogP contribution in [0.4, 0.5) is 13.2 Å². The van der Waals surface area contributed by atoms with E-state index in [2.05, 4.69) is 4.98 Å². The quantitative estimate of drug-likeness (QED) is 0.762. The number of pyridine rings is 1. The molecule has 0 bridgehead atoms. The number of aliphatic hydroxyl groups is 1. The summed E-state index contributed by atoms with van der Waals surface area (Å²) in [6.45, 7) is -0.333. The minimum absolute atomic E-state index is 0.288. The van der Waals surface area contributed by atoms with Gasteiger partial charge < -0.3 is 10.8 Å². The maximum atomic E-state index is 12.1. The van der Waals surface area contributed by atoms with Crippen LogP contribution < -0.4 is 5.73 Å². The molecule has 1 rings (SSSR count). The number of aromatic nitrogens is 1. The number of halogens is 3. The monoisotopic (exact) mass is 206 g/mol. The number of hydrogen-bond donors (Lipinski definition) is 2. The highest BCUT2D eigenvalue weighted by molar-refractivity contribution is 5.18. The first-order chi connectivity index (χ1) is 6.45. The van der Waals surface area contributed by atoms with E-state index in [4.69, 9.17) is 10.8 Å². The Bertz CT molecular complexity index is 314. The molecular formula is C8H9F3N2O. The van der Waals surface area contributed by atoms with Gasteiger partial charge in [0.25, 0.3) is 0 Å². The van der Waals surface area contributed by atoms with Gasteiger partial charge >= 0.3 is 6.18 Å². The molecule has 14 heavy (non-hydrogen) atoms. The van der Waals surface area contributed by atoms with E-state index in [9.17, 15) is 13.2 Å². The molecule has 0 radical (unpaired) electrons. The van der Waals surface area contributed by atoms with Crippen molar-refractivity contribution in [2.75, 3.05) is 0 Å². The smallest absolute Gasteiger partial charge is 0.392 e. The molecule has 0 saturated heterocycles. The summed E-state index contributed by atoms with van der Waals surface area (Å²) < 4.78 is 36.4. The Kier molecular flexibility index (Phi) is 3.07. The van der Waals surface area contributed by atoms with Crippen molar-refractivity contribution in [2.24, 2.45) is 5.73 Å². The fourth-order valence-electron chi connectivity index (χ4n) is 0.931. The number of aliphatic hydroxyl groups excluding tert-OH is 1. The van der Waals surface area contributed by atoms with Gasteiger partial charge in [-0.2, -0.15) is 13.2 Å². The largest absolute Gasteiger partial charge is 0.409 e. The van der Waals surface area contributed by atoms with E-state index in [1.165, 1.54) is 12.3 Å². The maximum absolute atomic E-state index is 12.1. The lowest BCUT2D eigenvalue weighted by Gasteiger charge is -2.15. The summed E-state index contributed by atoms with van der Waals surface area (Å²) in [5.41, 5.74) is 4.99. The summed E-state index contributed by atoms with van der Waals surface area (Å²) in [5, 5.41) is 8.70. The minimum atomic E-state index is -4.51. The van der Waals surface area contributed by atoms with Gasteiger partial charge in [-0.1, -0.05) is 0 Å². The molecule has 0 saturated carbocycles. The van der Waals surface area contributed by atoms with Crippen LogP contribution >= 0.6 is 0 Å². The first-order valence-electron chi connectivity index (χ1n) is 3.83. The molecule has 1 atom stereocenters. The first kappa shape index (κ1) is 10.9. The van der Waals surface area contributed by atoms with Gasteiger partial charge in [0.05, 0.1) is 12.3 Å². The van der Waals surface area contributed by atoms with Crippen molar-refractivity contribution in [1.29, 1.82) is 0 Å². The van der Waals surface area contributed by atoms with Gasteiger partial charge in [0.15, 0.2) is 0 Å². The second-order valence-electron chi connectivity index (χ2n) is 2.77. The molecule has 0 spiro atoms. The molecule has 1 aromatic heterocycles. The van der Waals surface area contributed by atoms with Crippen LogP contribution in [0, 0.1) is 0 Å². The Morgan fingerprint density at radius 2 is 2.14 bits per heavy atom. The van der Waals surface area contributed by atoms with E-state index in [-0.39, 0.29) is 12.3 Å². The number of rotatable bonds is 2. The van der Waals surface area contributed by atoms with Gasteiger partial charge in [-0.3, -0.25) is 4.98 Å². The van der Waals surface area contributed by atoms with Crippen LogP contribution in [0.2, 0.25) is 0 Å². The second kappa shape index (κ2) is 3.93. The summed E-state index contributed by atoms with van der Waals surface area (Å²) in [5.74, 6) is 0. The number of nitrogens with zero attached hydrogens (tertiary/aromatic N) is 1. The molecule has 0 aliphatic heterocycles. The SMILES string of the molecule is N[C@H](c1cc(CO)ccn1)C(F)(F)F. The van der Waals surface area contributed by atoms with Crippen LogP contribution in [0.1, 0.15) is 17.3 Å². The zero-order valence-corrected chi connectivity index (χ0v) is 7.12. The average molecular weight is 206 g/mol. The third kappa shape index (κ3) is 2.43. The summed E-state index contributed by atoms with van der Waals surface area (Å²) in [4.78, 5) is 3.50. The van der Waals surface area contributed by atoms with E-state index in [0.717, 1.165) is 6.07 Å². The van der Waals surface area contributed by atoms with E-state index < -0.39 is 12.2 Å². The van der Waals surface area contributed by atoms with Crippen molar-refractivity contribution in [1.82, 2.24) is 4.98 Å². The molecule has 3 nitrogen and oxygen atoms in total. The Labute approximate surface area is 78.4 Å². The molecule has 78 valence electrons. The van der Waals surface area contributed by atoms with Crippen LogP contribution in [0.15, 0.2) is 18.3 Å². The van der Waals surface area contributed by atoms with Crippen LogP contribution in [0.3, 0.4) is 0 Å². The molecule has 3 N–H and O–H groups in total. The van der Waals surface area contributed by atoms with Crippen LogP contribution in [-0.4, -0.2) is 16.3 Å². The highest BCUT2D eigenvalue weighted by atomic mass is 19.4. The molecule has 0 aliphatic rings. The van der Waals surface area contributed by atoms with Gasteiger partial charge in [-0.25, -0.2) is 0 Å². The predicted molar refractivity (Wildman–Crippen MR) is 43.1 cm³/mol. The van der Waals surface area contributed by atoms with Gasteiger partial charge in [0.2, 0.25) is 0 Å². The van der Waals surface area contributed by atoms with E-state index >= 15 is 0 Å². The van der Waals surface area contributed by atoms with Crippen molar-refractivity contribution < 1.29 is 18.3 Å². The third-order valence-electron chi connectivity index (χ3n) is 1.70. The zero-order chi connectivity index (χ0) is 10.8. The molecule has 1 aromatic rings. The highest BCUT2D eigenvalue weighted by Gasteiger charge is 2.38. The Hall–Kier alpha value is -1.14. The molecule has 0 amide bonds. The fourth-order valence-corrected chi connectivity index (χ4v) is 0.931. The fraction of sp³-hybridized carbons (Fsp3) is 0.375. The highest BCUT2D eigenvalue weighted by Crippen LogP contribution is 2.29. The number of alkyl halides is 3. The van der Waals surface area contributed by atoms with Crippen LogP contribution in [-0.2, 0) is 6.61 Å². The predicted octanol–water partition coefficient (Wildman–Crippen LogP) is 1.14. The lowest BCUT2D eigenvalue weighted by molar-refractivity contribution is -0.150. The summed E-state index contributed by atoms with van der Waals surface area (Å²) in [7, 11) is 0. The lowest BCUT2D eigenvalue weighted by Crippen LogP contribution is -2.29. The molecule has 0 fully saturated rings. The average Bonchev–Trinajstić information content (AvgIpc) is 2.15. The maximum Gasteiger partial charge on any atom is 0.409 e. The lowest BCUT2D eigenvalue weighted by atomic mass is 10.1. The van der Waals surface area contributed by atoms with E-state index in [1.54, 1.807) is 0 Å². The van der Waals surface area contributed by atoms with Crippen LogP contribution in [0.5, 0.6) is 0 Å². The van der Waals surface area contributed by atoms with Gasteiger partial charge in [0, 0.05) is 6.20 Å². The first-order valence-corrected chi connectivity index (χ1v) is 3.83. The molecule has 0 aliphatic carbocycles. The van der Waals surface area contributed by atoms with E-state index in [0.29, 0.717) is 5.56 Å². The molecule has 1 heterocycles. The standard InChI is InChI=1S/C8H9F3N2O/c9-8(10,11)7(12)6-3-5(4-14)1-2-13-6/h1-3,7,14H,4,12H2/t7-/m1/s1. The molecule has 0 aromatic carbocycles. The topological polar surface area (TPSA) is 59.1 Å². The van der Waals surface area contributed by atoms with Crippen molar-refractivity contribution in [3.63, 3.8) is 0 Å². The van der Waals surface area contributed by atoms with Crippen molar-refractivity contribution in [3.05, 3.63) is 29.6 Å².